The molecule has 0 radical (unpaired) electrons. The fourth-order valence-corrected chi connectivity index (χ4v) is 3.95. The number of carbonyl (C=O) groups is 1. The van der Waals surface area contributed by atoms with Gasteiger partial charge in [0.15, 0.2) is 0 Å². The summed E-state index contributed by atoms with van der Waals surface area (Å²) in [6, 6.07) is 6.78. The first-order valence-electron chi connectivity index (χ1n) is 9.97. The molecule has 0 bridgehead atoms. The minimum Gasteiger partial charge on any atom is -0.342 e. The van der Waals surface area contributed by atoms with Crippen LogP contribution in [-0.4, -0.2) is 33.9 Å². The van der Waals surface area contributed by atoms with Gasteiger partial charge in [-0.2, -0.15) is 26.3 Å². The number of piperidine rings is 1. The van der Waals surface area contributed by atoms with Crippen molar-refractivity contribution in [3.05, 3.63) is 64.5 Å². The lowest BCUT2D eigenvalue weighted by Crippen LogP contribution is -2.38. The molecule has 170 valence electrons. The number of rotatable bonds is 2. The number of hydrogen-bond donors (Lipinski definition) is 1. The molecule has 0 aliphatic carbocycles. The van der Waals surface area contributed by atoms with E-state index in [0.717, 1.165) is 22.4 Å². The smallest absolute Gasteiger partial charge is 0.342 e. The minimum absolute atomic E-state index is 0.0130. The topological polar surface area (TPSA) is 49.0 Å². The largest absolute Gasteiger partial charge is 0.416 e. The first-order valence-corrected chi connectivity index (χ1v) is 9.97. The molecule has 0 atom stereocenters. The van der Waals surface area contributed by atoms with Gasteiger partial charge in [0.25, 0.3) is 5.91 Å². The highest BCUT2D eigenvalue weighted by Gasteiger charge is 2.38. The molecule has 0 spiro atoms. The molecule has 1 aliphatic heterocycles. The molecule has 1 aromatic heterocycles. The Morgan fingerprint density at radius 2 is 1.56 bits per heavy atom. The molecule has 1 saturated heterocycles. The van der Waals surface area contributed by atoms with Gasteiger partial charge in [0.1, 0.15) is 5.82 Å². The average Bonchev–Trinajstić information content (AvgIpc) is 3.15. The molecule has 4 nitrogen and oxygen atoms in total. The Hall–Kier alpha value is -3.04. The van der Waals surface area contributed by atoms with E-state index in [9.17, 15) is 31.1 Å². The molecular weight excluding hydrogens is 436 g/mol. The molecule has 2 aromatic carbocycles. The molecule has 1 aliphatic rings. The summed E-state index contributed by atoms with van der Waals surface area (Å²) in [6.45, 7) is 2.37. The molecule has 32 heavy (non-hydrogen) atoms. The number of carbonyl (C=O) groups excluding carboxylic acids is 1. The Morgan fingerprint density at radius 1 is 0.969 bits per heavy atom. The number of fused-ring (bicyclic) bond motifs is 1. The van der Waals surface area contributed by atoms with Crippen LogP contribution in [0.25, 0.3) is 11.0 Å². The Balaban J connectivity index is 1.52. The number of imidazole rings is 1. The molecular formula is C22H19F6N3O. The second-order valence-corrected chi connectivity index (χ2v) is 8.00. The summed E-state index contributed by atoms with van der Waals surface area (Å²) >= 11 is 0. The van der Waals surface area contributed by atoms with Crippen molar-refractivity contribution in [1.29, 1.82) is 0 Å². The molecule has 2 heterocycles. The second kappa shape index (κ2) is 7.83. The molecule has 3 aromatic rings. The Labute approximate surface area is 179 Å². The van der Waals surface area contributed by atoms with Gasteiger partial charge in [0, 0.05) is 24.6 Å². The summed E-state index contributed by atoms with van der Waals surface area (Å²) in [6.07, 6.45) is -9.00. The van der Waals surface area contributed by atoms with Crippen molar-refractivity contribution in [1.82, 2.24) is 14.9 Å². The lowest BCUT2D eigenvalue weighted by Gasteiger charge is -2.31. The van der Waals surface area contributed by atoms with Gasteiger partial charge in [-0.15, -0.1) is 0 Å². The van der Waals surface area contributed by atoms with Crippen molar-refractivity contribution in [2.75, 3.05) is 13.1 Å². The Kier molecular flexibility index (Phi) is 5.42. The number of benzene rings is 2. The van der Waals surface area contributed by atoms with Crippen molar-refractivity contribution in [3.8, 4) is 0 Å². The van der Waals surface area contributed by atoms with E-state index in [1.807, 2.05) is 25.1 Å². The van der Waals surface area contributed by atoms with E-state index < -0.39 is 35.0 Å². The van der Waals surface area contributed by atoms with Crippen LogP contribution in [0, 0.1) is 6.92 Å². The number of H-pyrrole nitrogens is 1. The van der Waals surface area contributed by atoms with Gasteiger partial charge < -0.3 is 9.88 Å². The third kappa shape index (κ3) is 4.44. The van der Waals surface area contributed by atoms with E-state index >= 15 is 0 Å². The van der Waals surface area contributed by atoms with Crippen molar-refractivity contribution in [2.24, 2.45) is 0 Å². The van der Waals surface area contributed by atoms with Crippen molar-refractivity contribution >= 4 is 16.9 Å². The molecule has 1 N–H and O–H groups in total. The van der Waals surface area contributed by atoms with Crippen LogP contribution in [0.3, 0.4) is 0 Å². The number of halogens is 6. The van der Waals surface area contributed by atoms with Gasteiger partial charge in [0.2, 0.25) is 0 Å². The van der Waals surface area contributed by atoms with Crippen molar-refractivity contribution < 1.29 is 31.1 Å². The second-order valence-electron chi connectivity index (χ2n) is 8.00. The third-order valence-corrected chi connectivity index (χ3v) is 5.66. The number of nitrogens with one attached hydrogen (secondary N) is 1. The Morgan fingerprint density at radius 3 is 2.12 bits per heavy atom. The first kappa shape index (κ1) is 22.2. The standard InChI is InChI=1S/C22H19F6N3O/c1-12-2-3-17-18(8-12)30-19(29-17)13-4-6-31(7-5-13)20(32)14-9-15(21(23,24)25)11-16(10-14)22(26,27)28/h2-3,8-11,13H,4-7H2,1H3,(H,29,30). The highest BCUT2D eigenvalue weighted by Crippen LogP contribution is 2.37. The van der Waals surface area contributed by atoms with E-state index in [1.165, 1.54) is 4.90 Å². The van der Waals surface area contributed by atoms with Gasteiger partial charge in [0.05, 0.1) is 22.2 Å². The number of aromatic nitrogens is 2. The zero-order chi connectivity index (χ0) is 23.3. The van der Waals surface area contributed by atoms with E-state index in [0.29, 0.717) is 25.0 Å². The molecule has 1 fully saturated rings. The van der Waals surface area contributed by atoms with Gasteiger partial charge in [-0.25, -0.2) is 4.98 Å². The fourth-order valence-electron chi connectivity index (χ4n) is 3.95. The van der Waals surface area contributed by atoms with Crippen LogP contribution in [0.15, 0.2) is 36.4 Å². The van der Waals surface area contributed by atoms with Crippen molar-refractivity contribution in [3.63, 3.8) is 0 Å². The number of hydrogen-bond acceptors (Lipinski definition) is 2. The molecule has 0 saturated carbocycles. The maximum absolute atomic E-state index is 13.1. The number of aryl methyl sites for hydroxylation is 1. The average molecular weight is 455 g/mol. The highest BCUT2D eigenvalue weighted by atomic mass is 19.4. The third-order valence-electron chi connectivity index (χ3n) is 5.66. The van der Waals surface area contributed by atoms with E-state index in [1.54, 1.807) is 0 Å². The summed E-state index contributed by atoms with van der Waals surface area (Å²) in [7, 11) is 0. The van der Waals surface area contributed by atoms with Gasteiger partial charge in [-0.1, -0.05) is 6.07 Å². The summed E-state index contributed by atoms with van der Waals surface area (Å²) in [4.78, 5) is 21.9. The number of likely N-dealkylation sites (tertiary alicyclic amines) is 1. The summed E-state index contributed by atoms with van der Waals surface area (Å²) in [5, 5.41) is 0. The highest BCUT2D eigenvalue weighted by molar-refractivity contribution is 5.94. The predicted octanol–water partition coefficient (Wildman–Crippen LogP) is 5.93. The molecule has 4 rings (SSSR count). The number of nitrogens with zero attached hydrogens (tertiary/aromatic N) is 2. The molecule has 1 amide bonds. The maximum atomic E-state index is 13.1. The summed E-state index contributed by atoms with van der Waals surface area (Å²) in [5.41, 5.74) is -0.835. The van der Waals surface area contributed by atoms with Crippen LogP contribution in [0.2, 0.25) is 0 Å². The van der Waals surface area contributed by atoms with Crippen LogP contribution >= 0.6 is 0 Å². The van der Waals surface area contributed by atoms with Crippen LogP contribution in [0.1, 0.15) is 51.6 Å². The number of alkyl halides is 6. The van der Waals surface area contributed by atoms with Gasteiger partial charge in [-0.3, -0.25) is 4.79 Å². The Bertz CT molecular complexity index is 1120. The van der Waals surface area contributed by atoms with Crippen molar-refractivity contribution in [2.45, 2.75) is 38.0 Å². The molecule has 10 heteroatoms. The van der Waals surface area contributed by atoms with Crippen LogP contribution < -0.4 is 0 Å². The zero-order valence-corrected chi connectivity index (χ0v) is 16.9. The van der Waals surface area contributed by atoms with E-state index in [2.05, 4.69) is 9.97 Å². The number of amides is 1. The summed E-state index contributed by atoms with van der Waals surface area (Å²) < 4.78 is 78.5. The maximum Gasteiger partial charge on any atom is 0.416 e. The van der Waals surface area contributed by atoms with Gasteiger partial charge in [-0.05, 0) is 55.7 Å². The monoisotopic (exact) mass is 455 g/mol. The predicted molar refractivity (Wildman–Crippen MR) is 105 cm³/mol. The van der Waals surface area contributed by atoms with Crippen LogP contribution in [0.4, 0.5) is 26.3 Å². The minimum atomic E-state index is -5.00. The SMILES string of the molecule is Cc1ccc2nc(C3CCN(C(=O)c4cc(C(F)(F)F)cc(C(F)(F)F)c4)CC3)[nH]c2c1. The quantitative estimate of drug-likeness (QED) is 0.487. The zero-order valence-electron chi connectivity index (χ0n) is 16.9. The van der Waals surface area contributed by atoms with E-state index in [-0.39, 0.29) is 25.1 Å². The lowest BCUT2D eigenvalue weighted by atomic mass is 9.95. The van der Waals surface area contributed by atoms with Crippen LogP contribution in [0.5, 0.6) is 0 Å². The summed E-state index contributed by atoms with van der Waals surface area (Å²) in [5.74, 6) is -0.0737. The number of aromatic amines is 1. The van der Waals surface area contributed by atoms with E-state index in [4.69, 9.17) is 0 Å². The molecule has 0 unspecified atom stereocenters. The van der Waals surface area contributed by atoms with Gasteiger partial charge >= 0.3 is 12.4 Å². The normalized spacial score (nSPS) is 16.0. The fraction of sp³-hybridized carbons (Fsp3) is 0.364. The first-order chi connectivity index (χ1) is 14.9. The lowest BCUT2D eigenvalue weighted by molar-refractivity contribution is -0.143. The van der Waals surface area contributed by atoms with Crippen LogP contribution in [-0.2, 0) is 12.4 Å².